The van der Waals surface area contributed by atoms with Gasteiger partial charge in [0, 0.05) is 18.2 Å². The van der Waals surface area contributed by atoms with E-state index in [0.717, 1.165) is 16.0 Å². The molecule has 2 atom stereocenters. The maximum absolute atomic E-state index is 12.6. The van der Waals surface area contributed by atoms with Crippen LogP contribution in [0.1, 0.15) is 17.2 Å². The number of rotatable bonds is 7. The molecule has 0 bridgehead atoms. The number of halogens is 2. The van der Waals surface area contributed by atoms with Gasteiger partial charge in [-0.2, -0.15) is 8.78 Å². The van der Waals surface area contributed by atoms with Gasteiger partial charge < -0.3 is 15.0 Å². The summed E-state index contributed by atoms with van der Waals surface area (Å²) >= 11 is 0. The van der Waals surface area contributed by atoms with E-state index in [2.05, 4.69) is 15.4 Å². The van der Waals surface area contributed by atoms with E-state index in [9.17, 15) is 18.4 Å². The number of imide groups is 1. The minimum Gasteiger partial charge on any atom is -0.435 e. The highest BCUT2D eigenvalue weighted by Gasteiger charge is 2.30. The molecule has 8 heteroatoms. The molecule has 0 heterocycles. The SMILES string of the molecule is CNC(=O)NC(=O)[C@@H](c1ccccc1)[NH+](C)Cc1ccc(OC(F)F)cc1. The lowest BCUT2D eigenvalue weighted by atomic mass is 10.0. The largest absolute Gasteiger partial charge is 0.435 e. The molecular weight excluding hydrogens is 356 g/mol. The third-order valence-corrected chi connectivity index (χ3v) is 3.98. The molecule has 0 fully saturated rings. The molecule has 6 nitrogen and oxygen atoms in total. The predicted octanol–water partition coefficient (Wildman–Crippen LogP) is 1.50. The Balaban J connectivity index is 2.17. The summed E-state index contributed by atoms with van der Waals surface area (Å²) in [6.07, 6.45) is 0. The van der Waals surface area contributed by atoms with Crippen LogP contribution in [0, 0.1) is 0 Å². The Hall–Kier alpha value is -3.00. The molecule has 0 radical (unpaired) electrons. The van der Waals surface area contributed by atoms with Gasteiger partial charge in [-0.3, -0.25) is 10.1 Å². The van der Waals surface area contributed by atoms with Crippen LogP contribution in [0.15, 0.2) is 54.6 Å². The number of nitrogens with one attached hydrogen (secondary N) is 3. The van der Waals surface area contributed by atoms with E-state index in [0.29, 0.717) is 6.54 Å². The standard InChI is InChI=1S/C19H21F2N3O3/c1-22-19(26)23-17(25)16(14-6-4-3-5-7-14)24(2)12-13-8-10-15(11-9-13)27-18(20)21/h3-11,16,18H,12H2,1-2H3,(H2,22,23,25,26)/p+1/t16-/m1/s1. The van der Waals surface area contributed by atoms with Gasteiger partial charge in [0.2, 0.25) is 0 Å². The molecule has 2 aromatic carbocycles. The summed E-state index contributed by atoms with van der Waals surface area (Å²) in [6, 6.07) is 14.2. The zero-order chi connectivity index (χ0) is 19.8. The number of quaternary nitrogens is 1. The van der Waals surface area contributed by atoms with Crippen molar-refractivity contribution in [2.45, 2.75) is 19.2 Å². The summed E-state index contributed by atoms with van der Waals surface area (Å²) in [6.45, 7) is -2.43. The Morgan fingerprint density at radius 3 is 2.26 bits per heavy atom. The lowest BCUT2D eigenvalue weighted by molar-refractivity contribution is -0.916. The van der Waals surface area contributed by atoms with Gasteiger partial charge in [-0.25, -0.2) is 4.79 Å². The fourth-order valence-electron chi connectivity index (χ4n) is 2.76. The van der Waals surface area contributed by atoms with Crippen molar-refractivity contribution in [3.63, 3.8) is 0 Å². The number of hydrogen-bond acceptors (Lipinski definition) is 3. The third kappa shape index (κ3) is 6.03. The molecule has 0 aliphatic rings. The van der Waals surface area contributed by atoms with Gasteiger partial charge in [-0.15, -0.1) is 0 Å². The molecule has 0 aliphatic heterocycles. The molecule has 3 amide bonds. The highest BCUT2D eigenvalue weighted by molar-refractivity contribution is 5.96. The normalized spacial score (nSPS) is 12.9. The topological polar surface area (TPSA) is 71.9 Å². The van der Waals surface area contributed by atoms with Crippen molar-refractivity contribution in [1.29, 1.82) is 0 Å². The average molecular weight is 378 g/mol. The minimum atomic E-state index is -2.87. The van der Waals surface area contributed by atoms with E-state index in [1.807, 2.05) is 37.4 Å². The van der Waals surface area contributed by atoms with Crippen molar-refractivity contribution in [2.75, 3.05) is 14.1 Å². The fourth-order valence-corrected chi connectivity index (χ4v) is 2.76. The number of ether oxygens (including phenoxy) is 1. The number of carbonyl (C=O) groups excluding carboxylic acids is 2. The van der Waals surface area contributed by atoms with Crippen LogP contribution in [0.25, 0.3) is 0 Å². The molecule has 144 valence electrons. The van der Waals surface area contributed by atoms with E-state index in [4.69, 9.17) is 0 Å². The lowest BCUT2D eigenvalue weighted by Crippen LogP contribution is -3.09. The van der Waals surface area contributed by atoms with Crippen LogP contribution in [-0.4, -0.2) is 32.6 Å². The van der Waals surface area contributed by atoms with Crippen molar-refractivity contribution in [3.05, 3.63) is 65.7 Å². The van der Waals surface area contributed by atoms with E-state index in [1.165, 1.54) is 19.2 Å². The van der Waals surface area contributed by atoms with Crippen molar-refractivity contribution >= 4 is 11.9 Å². The maximum Gasteiger partial charge on any atom is 0.387 e. The van der Waals surface area contributed by atoms with Gasteiger partial charge in [0.15, 0.2) is 6.04 Å². The quantitative estimate of drug-likeness (QED) is 0.684. The first kappa shape index (κ1) is 20.3. The van der Waals surface area contributed by atoms with E-state index in [1.54, 1.807) is 12.1 Å². The van der Waals surface area contributed by atoms with Crippen molar-refractivity contribution < 1.29 is 28.0 Å². The van der Waals surface area contributed by atoms with Crippen molar-refractivity contribution in [1.82, 2.24) is 10.6 Å². The van der Waals surface area contributed by atoms with E-state index >= 15 is 0 Å². The van der Waals surface area contributed by atoms with Crippen molar-refractivity contribution in [2.24, 2.45) is 0 Å². The molecule has 0 aliphatic carbocycles. The van der Waals surface area contributed by atoms with Crippen LogP contribution in [0.3, 0.4) is 0 Å². The van der Waals surface area contributed by atoms with Gasteiger partial charge in [-0.1, -0.05) is 30.3 Å². The van der Waals surface area contributed by atoms with Crippen LogP contribution in [0.2, 0.25) is 0 Å². The van der Waals surface area contributed by atoms with E-state index in [-0.39, 0.29) is 5.75 Å². The summed E-state index contributed by atoms with van der Waals surface area (Å²) in [5, 5.41) is 4.67. The van der Waals surface area contributed by atoms with Gasteiger partial charge in [-0.05, 0) is 24.3 Å². The Morgan fingerprint density at radius 1 is 1.07 bits per heavy atom. The van der Waals surface area contributed by atoms with Gasteiger partial charge in [0.25, 0.3) is 5.91 Å². The Kier molecular flexibility index (Phi) is 7.25. The van der Waals surface area contributed by atoms with Crippen LogP contribution >= 0.6 is 0 Å². The average Bonchev–Trinajstić information content (AvgIpc) is 2.64. The molecule has 2 aromatic rings. The molecule has 0 saturated carbocycles. The first-order valence-corrected chi connectivity index (χ1v) is 8.34. The van der Waals surface area contributed by atoms with Gasteiger partial charge >= 0.3 is 12.6 Å². The highest BCUT2D eigenvalue weighted by Crippen LogP contribution is 2.15. The summed E-state index contributed by atoms with van der Waals surface area (Å²) in [5.41, 5.74) is 1.59. The number of alkyl halides is 2. The number of urea groups is 1. The molecule has 3 N–H and O–H groups in total. The molecule has 27 heavy (non-hydrogen) atoms. The second kappa shape index (κ2) is 9.63. The number of benzene rings is 2. The zero-order valence-corrected chi connectivity index (χ0v) is 15.0. The monoisotopic (exact) mass is 378 g/mol. The Morgan fingerprint density at radius 2 is 1.70 bits per heavy atom. The number of amides is 3. The van der Waals surface area contributed by atoms with Gasteiger partial charge in [0.1, 0.15) is 12.3 Å². The minimum absolute atomic E-state index is 0.0726. The first-order chi connectivity index (χ1) is 12.9. The summed E-state index contributed by atoms with van der Waals surface area (Å²) in [4.78, 5) is 25.0. The van der Waals surface area contributed by atoms with Crippen molar-refractivity contribution in [3.8, 4) is 5.75 Å². The molecule has 0 saturated heterocycles. The smallest absolute Gasteiger partial charge is 0.387 e. The molecule has 0 aromatic heterocycles. The zero-order valence-electron chi connectivity index (χ0n) is 15.0. The summed E-state index contributed by atoms with van der Waals surface area (Å²) < 4.78 is 28.8. The lowest BCUT2D eigenvalue weighted by Gasteiger charge is -2.24. The number of likely N-dealkylation sites (N-methyl/N-ethyl adjacent to an activating group) is 1. The third-order valence-electron chi connectivity index (χ3n) is 3.98. The fraction of sp³-hybridized carbons (Fsp3) is 0.263. The highest BCUT2D eigenvalue weighted by atomic mass is 19.3. The second-order valence-corrected chi connectivity index (χ2v) is 5.96. The summed E-state index contributed by atoms with van der Waals surface area (Å²) in [5.74, 6) is -0.362. The molecule has 1 unspecified atom stereocenters. The maximum atomic E-state index is 12.6. The van der Waals surface area contributed by atoms with Crippen LogP contribution in [0.5, 0.6) is 5.75 Å². The molecule has 2 rings (SSSR count). The van der Waals surface area contributed by atoms with Crippen LogP contribution in [-0.2, 0) is 11.3 Å². The predicted molar refractivity (Wildman–Crippen MR) is 95.4 cm³/mol. The van der Waals surface area contributed by atoms with Crippen LogP contribution < -0.4 is 20.3 Å². The number of hydrogen-bond donors (Lipinski definition) is 3. The van der Waals surface area contributed by atoms with Gasteiger partial charge in [0.05, 0.1) is 7.05 Å². The summed E-state index contributed by atoms with van der Waals surface area (Å²) in [7, 11) is 3.25. The molecular formula is C19H22F2N3O3+. The van der Waals surface area contributed by atoms with Crippen LogP contribution in [0.4, 0.5) is 13.6 Å². The Bertz CT molecular complexity index is 755. The number of carbonyl (C=O) groups is 2. The Labute approximate surface area is 156 Å². The second-order valence-electron chi connectivity index (χ2n) is 5.96. The molecule has 0 spiro atoms. The first-order valence-electron chi connectivity index (χ1n) is 8.34. The van der Waals surface area contributed by atoms with E-state index < -0.39 is 24.6 Å².